The Morgan fingerprint density at radius 1 is 1.03 bits per heavy atom. The van der Waals surface area contributed by atoms with Crippen molar-refractivity contribution in [1.82, 2.24) is 4.31 Å². The molecule has 0 atom stereocenters. The summed E-state index contributed by atoms with van der Waals surface area (Å²) in [6, 6.07) is 8.63. The molecule has 0 spiro atoms. The number of hydrogen-bond acceptors (Lipinski definition) is 6. The number of hydrogen-bond donors (Lipinski definition) is 2. The summed E-state index contributed by atoms with van der Waals surface area (Å²) < 4.78 is 38.2. The van der Waals surface area contributed by atoms with E-state index in [4.69, 9.17) is 26.8 Å². The molecule has 2 amide bonds. The van der Waals surface area contributed by atoms with Gasteiger partial charge in [-0.05, 0) is 43.3 Å². The molecule has 9 nitrogen and oxygen atoms in total. The van der Waals surface area contributed by atoms with Crippen LogP contribution in [0.15, 0.2) is 41.3 Å². The summed E-state index contributed by atoms with van der Waals surface area (Å²) in [4.78, 5) is 23.9. The van der Waals surface area contributed by atoms with E-state index in [1.54, 1.807) is 20.8 Å². The van der Waals surface area contributed by atoms with Crippen molar-refractivity contribution in [3.8, 4) is 11.5 Å². The zero-order valence-corrected chi connectivity index (χ0v) is 19.6. The molecule has 0 radical (unpaired) electrons. The van der Waals surface area contributed by atoms with Crippen LogP contribution in [0.5, 0.6) is 11.5 Å². The average Bonchev–Trinajstić information content (AvgIpc) is 2.74. The van der Waals surface area contributed by atoms with Gasteiger partial charge in [0.2, 0.25) is 10.0 Å². The monoisotopic (exact) mass is 483 g/mol. The molecule has 11 heteroatoms. The van der Waals surface area contributed by atoms with Crippen LogP contribution >= 0.6 is 11.6 Å². The minimum atomic E-state index is -3.82. The van der Waals surface area contributed by atoms with Crippen LogP contribution in [0.25, 0.3) is 0 Å². The Morgan fingerprint density at radius 2 is 1.69 bits per heavy atom. The maximum absolute atomic E-state index is 13.0. The Kier molecular flexibility index (Phi) is 8.88. The predicted molar refractivity (Wildman–Crippen MR) is 122 cm³/mol. The molecule has 0 heterocycles. The van der Waals surface area contributed by atoms with Gasteiger partial charge in [0.1, 0.15) is 16.4 Å². The molecule has 0 saturated carbocycles. The minimum absolute atomic E-state index is 0.0407. The molecular weight excluding hydrogens is 458 g/mol. The lowest BCUT2D eigenvalue weighted by atomic mass is 10.2. The molecule has 0 saturated heterocycles. The number of nitrogens with zero attached hydrogens (tertiary/aromatic N) is 1. The molecule has 0 aliphatic heterocycles. The third kappa shape index (κ3) is 6.12. The van der Waals surface area contributed by atoms with Gasteiger partial charge in [-0.3, -0.25) is 9.59 Å². The van der Waals surface area contributed by atoms with Gasteiger partial charge in [-0.15, -0.1) is 0 Å². The van der Waals surface area contributed by atoms with Gasteiger partial charge in [0.05, 0.1) is 12.2 Å². The van der Waals surface area contributed by atoms with Crippen LogP contribution in [0.1, 0.15) is 31.1 Å². The SMILES string of the molecule is CCOc1ccc(NC(=O)COc2ccc(Cl)cc2C(N)=O)cc1S(=O)(=O)N(CC)CC. The second-order valence-corrected chi connectivity index (χ2v) is 8.87. The van der Waals surface area contributed by atoms with E-state index < -0.39 is 28.4 Å². The number of ether oxygens (including phenoxy) is 2. The van der Waals surface area contributed by atoms with Crippen LogP contribution in [-0.2, 0) is 14.8 Å². The molecule has 2 rings (SSSR count). The summed E-state index contributed by atoms with van der Waals surface area (Å²) in [7, 11) is -3.82. The van der Waals surface area contributed by atoms with E-state index in [1.807, 2.05) is 0 Å². The molecule has 3 N–H and O–H groups in total. The Bertz CT molecular complexity index is 1090. The van der Waals surface area contributed by atoms with Crippen molar-refractivity contribution in [3.05, 3.63) is 47.0 Å². The van der Waals surface area contributed by atoms with Crippen LogP contribution in [0.2, 0.25) is 5.02 Å². The fourth-order valence-corrected chi connectivity index (χ4v) is 4.71. The first-order valence-electron chi connectivity index (χ1n) is 9.92. The Hall–Kier alpha value is -2.82. The van der Waals surface area contributed by atoms with Gasteiger partial charge in [-0.1, -0.05) is 25.4 Å². The molecule has 0 aliphatic carbocycles. The number of nitrogens with two attached hydrogens (primary N) is 1. The highest BCUT2D eigenvalue weighted by Crippen LogP contribution is 2.30. The molecule has 0 fully saturated rings. The Morgan fingerprint density at radius 3 is 2.28 bits per heavy atom. The first-order valence-corrected chi connectivity index (χ1v) is 11.7. The number of anilines is 1. The lowest BCUT2D eigenvalue weighted by Crippen LogP contribution is -2.31. The van der Waals surface area contributed by atoms with Gasteiger partial charge in [-0.25, -0.2) is 8.42 Å². The van der Waals surface area contributed by atoms with Gasteiger partial charge >= 0.3 is 0 Å². The number of carbonyl (C=O) groups is 2. The van der Waals surface area contributed by atoms with E-state index in [-0.39, 0.29) is 47.3 Å². The fraction of sp³-hybridized carbons (Fsp3) is 0.333. The number of sulfonamides is 1. The summed E-state index contributed by atoms with van der Waals surface area (Å²) >= 11 is 5.86. The lowest BCUT2D eigenvalue weighted by molar-refractivity contribution is -0.118. The number of rotatable bonds is 11. The van der Waals surface area contributed by atoms with Crippen LogP contribution in [0.4, 0.5) is 5.69 Å². The van der Waals surface area contributed by atoms with Crippen molar-refractivity contribution in [1.29, 1.82) is 0 Å². The van der Waals surface area contributed by atoms with E-state index in [0.717, 1.165) is 0 Å². The third-order valence-electron chi connectivity index (χ3n) is 4.42. The summed E-state index contributed by atoms with van der Waals surface area (Å²) in [5.74, 6) is -1.01. The molecule has 0 bridgehead atoms. The van der Waals surface area contributed by atoms with E-state index in [1.165, 1.54) is 40.7 Å². The van der Waals surface area contributed by atoms with E-state index in [0.29, 0.717) is 5.02 Å². The number of benzene rings is 2. The van der Waals surface area contributed by atoms with Crippen LogP contribution in [0, 0.1) is 0 Å². The predicted octanol–water partition coefficient (Wildman–Crippen LogP) is 2.89. The van der Waals surface area contributed by atoms with Gasteiger partial charge < -0.3 is 20.5 Å². The molecule has 2 aromatic carbocycles. The van der Waals surface area contributed by atoms with Crippen molar-refractivity contribution in [2.45, 2.75) is 25.7 Å². The summed E-state index contributed by atoms with van der Waals surface area (Å²) in [5, 5.41) is 2.88. The number of nitrogens with one attached hydrogen (secondary N) is 1. The summed E-state index contributed by atoms with van der Waals surface area (Å²) in [5.41, 5.74) is 5.60. The van der Waals surface area contributed by atoms with Crippen molar-refractivity contribution < 1.29 is 27.5 Å². The molecule has 0 unspecified atom stereocenters. The Labute approximate surface area is 192 Å². The first-order chi connectivity index (χ1) is 15.1. The normalized spacial score (nSPS) is 11.3. The highest BCUT2D eigenvalue weighted by atomic mass is 35.5. The second kappa shape index (κ2) is 11.2. The summed E-state index contributed by atoms with van der Waals surface area (Å²) in [6.07, 6.45) is 0. The third-order valence-corrected chi connectivity index (χ3v) is 6.72. The van der Waals surface area contributed by atoms with Gasteiger partial charge in [0.25, 0.3) is 11.8 Å². The van der Waals surface area contributed by atoms with Gasteiger partial charge in [0, 0.05) is 23.8 Å². The number of carbonyl (C=O) groups excluding carboxylic acids is 2. The minimum Gasteiger partial charge on any atom is -0.492 e. The van der Waals surface area contributed by atoms with Crippen molar-refractivity contribution in [2.75, 3.05) is 31.6 Å². The molecule has 32 heavy (non-hydrogen) atoms. The average molecular weight is 484 g/mol. The zero-order chi connectivity index (χ0) is 23.9. The lowest BCUT2D eigenvalue weighted by Gasteiger charge is -2.21. The topological polar surface area (TPSA) is 128 Å². The fourth-order valence-electron chi connectivity index (χ4n) is 2.93. The largest absolute Gasteiger partial charge is 0.492 e. The van der Waals surface area contributed by atoms with Crippen molar-refractivity contribution >= 4 is 39.1 Å². The number of halogens is 1. The maximum Gasteiger partial charge on any atom is 0.262 e. The highest BCUT2D eigenvalue weighted by Gasteiger charge is 2.26. The molecule has 0 aromatic heterocycles. The second-order valence-electron chi connectivity index (χ2n) is 6.53. The number of primary amides is 1. The van der Waals surface area contributed by atoms with E-state index in [2.05, 4.69) is 5.32 Å². The maximum atomic E-state index is 13.0. The van der Waals surface area contributed by atoms with E-state index >= 15 is 0 Å². The van der Waals surface area contributed by atoms with Gasteiger partial charge in [-0.2, -0.15) is 4.31 Å². The molecular formula is C21H26ClN3O6S. The van der Waals surface area contributed by atoms with Crippen LogP contribution < -0.4 is 20.5 Å². The van der Waals surface area contributed by atoms with Crippen molar-refractivity contribution in [2.24, 2.45) is 5.73 Å². The Balaban J connectivity index is 2.23. The highest BCUT2D eigenvalue weighted by molar-refractivity contribution is 7.89. The van der Waals surface area contributed by atoms with Crippen LogP contribution in [-0.4, -0.2) is 50.8 Å². The van der Waals surface area contributed by atoms with Crippen LogP contribution in [0.3, 0.4) is 0 Å². The molecule has 174 valence electrons. The molecule has 2 aromatic rings. The first kappa shape index (κ1) is 25.4. The summed E-state index contributed by atoms with van der Waals surface area (Å²) in [6.45, 7) is 5.65. The standard InChI is InChI=1S/C21H26ClN3O6S/c1-4-25(5-2)32(28,29)19-12-15(8-10-18(19)30-6-3)24-20(26)13-31-17-9-7-14(22)11-16(17)21(23)27/h7-12H,4-6,13H2,1-3H3,(H2,23,27)(H,24,26). The zero-order valence-electron chi connectivity index (χ0n) is 18.1. The molecule has 0 aliphatic rings. The van der Waals surface area contributed by atoms with E-state index in [9.17, 15) is 18.0 Å². The quantitative estimate of drug-likeness (QED) is 0.505. The van der Waals surface area contributed by atoms with Crippen molar-refractivity contribution in [3.63, 3.8) is 0 Å². The smallest absolute Gasteiger partial charge is 0.262 e. The number of amides is 2. The van der Waals surface area contributed by atoms with Gasteiger partial charge in [0.15, 0.2) is 6.61 Å².